The van der Waals surface area contributed by atoms with Gasteiger partial charge >= 0.3 is 0 Å². The van der Waals surface area contributed by atoms with E-state index in [9.17, 15) is 0 Å². The SMILES string of the molecule is Cc1nnc2n1CC(c1nc(-c3cnn(C)c3)no1)N(CC1CC1)C2. The van der Waals surface area contributed by atoms with E-state index in [1.807, 2.05) is 20.2 Å². The van der Waals surface area contributed by atoms with Crippen molar-refractivity contribution in [3.8, 4) is 11.4 Å². The maximum atomic E-state index is 5.64. The highest BCUT2D eigenvalue weighted by atomic mass is 16.5. The van der Waals surface area contributed by atoms with Crippen LogP contribution in [0.15, 0.2) is 16.9 Å². The topological polar surface area (TPSA) is 90.7 Å². The van der Waals surface area contributed by atoms with Gasteiger partial charge < -0.3 is 9.09 Å². The van der Waals surface area contributed by atoms with Crippen LogP contribution in [0.4, 0.5) is 0 Å². The van der Waals surface area contributed by atoms with Crippen LogP contribution in [0.3, 0.4) is 0 Å². The Kier molecular flexibility index (Phi) is 3.24. The van der Waals surface area contributed by atoms with E-state index in [1.54, 1.807) is 10.9 Å². The molecule has 3 aromatic rings. The number of hydrogen-bond donors (Lipinski definition) is 0. The van der Waals surface area contributed by atoms with Crippen LogP contribution in [0.25, 0.3) is 11.4 Å². The van der Waals surface area contributed by atoms with Crippen molar-refractivity contribution in [2.45, 2.75) is 38.9 Å². The van der Waals surface area contributed by atoms with Crippen LogP contribution < -0.4 is 0 Å². The number of aryl methyl sites for hydroxylation is 2. The zero-order valence-electron chi connectivity index (χ0n) is 14.3. The molecule has 1 atom stereocenters. The Morgan fingerprint density at radius 2 is 2.16 bits per heavy atom. The van der Waals surface area contributed by atoms with E-state index in [2.05, 4.69) is 34.9 Å². The largest absolute Gasteiger partial charge is 0.337 e. The van der Waals surface area contributed by atoms with Crippen LogP contribution >= 0.6 is 0 Å². The van der Waals surface area contributed by atoms with Gasteiger partial charge in [-0.25, -0.2) is 0 Å². The molecule has 25 heavy (non-hydrogen) atoms. The maximum absolute atomic E-state index is 5.64. The van der Waals surface area contributed by atoms with Crippen molar-refractivity contribution in [3.05, 3.63) is 29.9 Å². The van der Waals surface area contributed by atoms with Gasteiger partial charge in [-0.1, -0.05) is 5.16 Å². The van der Waals surface area contributed by atoms with Crippen LogP contribution in [0.5, 0.6) is 0 Å². The van der Waals surface area contributed by atoms with Crippen LogP contribution in [0, 0.1) is 12.8 Å². The van der Waals surface area contributed by atoms with Crippen LogP contribution in [-0.4, -0.2) is 46.1 Å². The van der Waals surface area contributed by atoms with E-state index in [0.717, 1.165) is 42.8 Å². The second-order valence-corrected chi connectivity index (χ2v) is 7.02. The van der Waals surface area contributed by atoms with Crippen molar-refractivity contribution in [2.75, 3.05) is 6.54 Å². The molecule has 0 spiro atoms. The summed E-state index contributed by atoms with van der Waals surface area (Å²) in [5.74, 6) is 3.96. The smallest absolute Gasteiger partial charge is 0.246 e. The first kappa shape index (κ1) is 14.8. The Bertz CT molecular complexity index is 905. The minimum atomic E-state index is 0.0562. The van der Waals surface area contributed by atoms with E-state index in [-0.39, 0.29) is 6.04 Å². The standard InChI is InChI=1S/C16H20N8O/c1-10-19-20-14-9-23(6-11-3-4-11)13(8-24(10)14)16-18-15(21-25-16)12-5-17-22(2)7-12/h5,7,11,13H,3-4,6,8-9H2,1-2H3. The number of aromatic nitrogens is 7. The van der Waals surface area contributed by atoms with Crippen molar-refractivity contribution in [2.24, 2.45) is 13.0 Å². The molecule has 1 fully saturated rings. The van der Waals surface area contributed by atoms with Gasteiger partial charge in [0.25, 0.3) is 0 Å². The molecule has 0 amide bonds. The van der Waals surface area contributed by atoms with Crippen molar-refractivity contribution in [1.29, 1.82) is 0 Å². The molecule has 130 valence electrons. The first-order valence-corrected chi connectivity index (χ1v) is 8.63. The Morgan fingerprint density at radius 3 is 2.92 bits per heavy atom. The van der Waals surface area contributed by atoms with Crippen molar-refractivity contribution in [3.63, 3.8) is 0 Å². The Morgan fingerprint density at radius 1 is 1.28 bits per heavy atom. The third kappa shape index (κ3) is 2.64. The van der Waals surface area contributed by atoms with E-state index < -0.39 is 0 Å². The quantitative estimate of drug-likeness (QED) is 0.708. The Labute approximate surface area is 144 Å². The molecule has 0 N–H and O–H groups in total. The molecule has 0 radical (unpaired) electrons. The summed E-state index contributed by atoms with van der Waals surface area (Å²) in [5, 5.41) is 16.9. The van der Waals surface area contributed by atoms with Crippen molar-refractivity contribution >= 4 is 0 Å². The summed E-state index contributed by atoms with van der Waals surface area (Å²) in [6.45, 7) is 4.54. The van der Waals surface area contributed by atoms with Gasteiger partial charge in [-0.2, -0.15) is 10.1 Å². The minimum absolute atomic E-state index is 0.0562. The predicted molar refractivity (Wildman–Crippen MR) is 87.1 cm³/mol. The number of rotatable bonds is 4. The van der Waals surface area contributed by atoms with E-state index in [0.29, 0.717) is 11.7 Å². The fourth-order valence-corrected chi connectivity index (χ4v) is 3.44. The van der Waals surface area contributed by atoms with Crippen LogP contribution in [0.1, 0.15) is 36.4 Å². The molecule has 9 heteroatoms. The summed E-state index contributed by atoms with van der Waals surface area (Å²) in [6, 6.07) is 0.0562. The molecule has 1 aliphatic heterocycles. The van der Waals surface area contributed by atoms with Crippen molar-refractivity contribution < 1.29 is 4.52 Å². The summed E-state index contributed by atoms with van der Waals surface area (Å²) < 4.78 is 9.53. The molecule has 1 unspecified atom stereocenters. The fraction of sp³-hybridized carbons (Fsp3) is 0.562. The highest BCUT2D eigenvalue weighted by Crippen LogP contribution is 2.36. The van der Waals surface area contributed by atoms with Gasteiger partial charge in [0.1, 0.15) is 17.7 Å². The lowest BCUT2D eigenvalue weighted by atomic mass is 10.1. The highest BCUT2D eigenvalue weighted by molar-refractivity contribution is 5.51. The van der Waals surface area contributed by atoms with Gasteiger partial charge in [-0.05, 0) is 25.7 Å². The Hall–Kier alpha value is -2.55. The van der Waals surface area contributed by atoms with Crippen LogP contribution in [0.2, 0.25) is 0 Å². The monoisotopic (exact) mass is 340 g/mol. The molecule has 4 heterocycles. The van der Waals surface area contributed by atoms with E-state index >= 15 is 0 Å². The van der Waals surface area contributed by atoms with Gasteiger partial charge in [0.05, 0.1) is 24.8 Å². The molecule has 0 aromatic carbocycles. The highest BCUT2D eigenvalue weighted by Gasteiger charge is 2.36. The van der Waals surface area contributed by atoms with Crippen LogP contribution in [-0.2, 0) is 20.1 Å². The second-order valence-electron chi connectivity index (χ2n) is 7.02. The lowest BCUT2D eigenvalue weighted by Gasteiger charge is -2.33. The zero-order valence-corrected chi connectivity index (χ0v) is 14.3. The molecule has 2 aliphatic rings. The average molecular weight is 340 g/mol. The van der Waals surface area contributed by atoms with E-state index in [1.165, 1.54) is 12.8 Å². The van der Waals surface area contributed by atoms with Gasteiger partial charge in [-0.3, -0.25) is 9.58 Å². The first-order valence-electron chi connectivity index (χ1n) is 8.63. The van der Waals surface area contributed by atoms with E-state index in [4.69, 9.17) is 4.52 Å². The number of fused-ring (bicyclic) bond motifs is 1. The summed E-state index contributed by atoms with van der Waals surface area (Å²) in [5.41, 5.74) is 0.864. The fourth-order valence-electron chi connectivity index (χ4n) is 3.44. The van der Waals surface area contributed by atoms with Crippen molar-refractivity contribution in [1.82, 2.24) is 39.6 Å². The molecule has 1 saturated carbocycles. The molecule has 9 nitrogen and oxygen atoms in total. The minimum Gasteiger partial charge on any atom is -0.337 e. The molecule has 1 aliphatic carbocycles. The van der Waals surface area contributed by atoms with Gasteiger partial charge in [-0.15, -0.1) is 10.2 Å². The van der Waals surface area contributed by atoms with Gasteiger partial charge in [0, 0.05) is 19.8 Å². The normalized spacial score (nSPS) is 20.8. The zero-order chi connectivity index (χ0) is 17.0. The average Bonchev–Trinajstić information content (AvgIpc) is 2.98. The Balaban J connectivity index is 1.47. The summed E-state index contributed by atoms with van der Waals surface area (Å²) in [6.07, 6.45) is 6.25. The summed E-state index contributed by atoms with van der Waals surface area (Å²) >= 11 is 0. The molecule has 5 rings (SSSR count). The third-order valence-corrected chi connectivity index (χ3v) is 5.03. The lowest BCUT2D eigenvalue weighted by Crippen LogP contribution is -2.38. The second kappa shape index (κ2) is 5.48. The number of nitrogens with zero attached hydrogens (tertiary/aromatic N) is 8. The van der Waals surface area contributed by atoms with Gasteiger partial charge in [0.2, 0.25) is 11.7 Å². The maximum Gasteiger partial charge on any atom is 0.246 e. The third-order valence-electron chi connectivity index (χ3n) is 5.03. The molecule has 0 bridgehead atoms. The molecule has 3 aromatic heterocycles. The molecular weight excluding hydrogens is 320 g/mol. The molecular formula is C16H20N8O. The predicted octanol–water partition coefficient (Wildman–Crippen LogP) is 1.34. The summed E-state index contributed by atoms with van der Waals surface area (Å²) in [4.78, 5) is 7.06. The summed E-state index contributed by atoms with van der Waals surface area (Å²) in [7, 11) is 1.87. The first-order chi connectivity index (χ1) is 12.2. The lowest BCUT2D eigenvalue weighted by molar-refractivity contribution is 0.102. The molecule has 0 saturated heterocycles. The van der Waals surface area contributed by atoms with Gasteiger partial charge in [0.15, 0.2) is 0 Å². The number of hydrogen-bond acceptors (Lipinski definition) is 7.